The molecule has 0 radical (unpaired) electrons. The third-order valence-corrected chi connectivity index (χ3v) is 3.69. The van der Waals surface area contributed by atoms with Crippen LogP contribution in [0.15, 0.2) is 0 Å². The Balaban J connectivity index is 0. The first kappa shape index (κ1) is 25.1. The Kier molecular flexibility index (Phi) is 21.8. The van der Waals surface area contributed by atoms with Crippen molar-refractivity contribution in [1.29, 1.82) is 0 Å². The lowest BCUT2D eigenvalue weighted by Crippen LogP contribution is -2.01. The second-order valence-electron chi connectivity index (χ2n) is 7.37. The van der Waals surface area contributed by atoms with Crippen molar-refractivity contribution in [3.63, 3.8) is 0 Å². The third-order valence-electron chi connectivity index (χ3n) is 3.69. The van der Waals surface area contributed by atoms with Gasteiger partial charge in [-0.1, -0.05) is 79.6 Å². The van der Waals surface area contributed by atoms with E-state index in [4.69, 9.17) is 14.9 Å². The van der Waals surface area contributed by atoms with Crippen molar-refractivity contribution in [2.24, 2.45) is 11.8 Å². The van der Waals surface area contributed by atoms with Gasteiger partial charge in [0.05, 0.1) is 0 Å². The Hall–Kier alpha value is -0.120. The van der Waals surface area contributed by atoms with Gasteiger partial charge < -0.3 is 14.9 Å². The number of unbranched alkanes of at least 4 members (excludes halogenated alkanes) is 4. The molecule has 0 saturated carbocycles. The van der Waals surface area contributed by atoms with Crippen LogP contribution in [0.25, 0.3) is 0 Å². The van der Waals surface area contributed by atoms with E-state index in [9.17, 15) is 0 Å². The van der Waals surface area contributed by atoms with Crippen LogP contribution < -0.4 is 0 Å². The molecule has 0 saturated heterocycles. The largest absolute Gasteiger partial charge is 0.381 e. The molecule has 0 spiro atoms. The molecular formula is C20H44O3. The number of aliphatic hydroxyl groups is 2. The van der Waals surface area contributed by atoms with Gasteiger partial charge in [0.25, 0.3) is 0 Å². The van der Waals surface area contributed by atoms with Crippen molar-refractivity contribution in [1.82, 2.24) is 0 Å². The molecule has 0 aliphatic carbocycles. The van der Waals surface area contributed by atoms with E-state index in [1.165, 1.54) is 51.4 Å². The number of ether oxygens (including phenoxy) is 1. The van der Waals surface area contributed by atoms with E-state index in [1.807, 2.05) is 6.92 Å². The van der Waals surface area contributed by atoms with Crippen LogP contribution in [0.1, 0.15) is 98.8 Å². The van der Waals surface area contributed by atoms with Gasteiger partial charge in [0.2, 0.25) is 0 Å². The van der Waals surface area contributed by atoms with Gasteiger partial charge in [0.15, 0.2) is 6.29 Å². The molecule has 0 bridgehead atoms. The van der Waals surface area contributed by atoms with Crippen LogP contribution in [0, 0.1) is 11.8 Å². The molecule has 0 aromatic carbocycles. The van der Waals surface area contributed by atoms with E-state index in [0.29, 0.717) is 6.42 Å². The summed E-state index contributed by atoms with van der Waals surface area (Å²) in [6, 6.07) is 0. The van der Waals surface area contributed by atoms with Crippen molar-refractivity contribution in [3.05, 3.63) is 0 Å². The zero-order valence-electron chi connectivity index (χ0n) is 16.5. The summed E-state index contributed by atoms with van der Waals surface area (Å²) in [6.07, 6.45) is 10.9. The summed E-state index contributed by atoms with van der Waals surface area (Å²) in [5.41, 5.74) is 0. The highest BCUT2D eigenvalue weighted by molar-refractivity contribution is 4.48. The molecule has 0 unspecified atom stereocenters. The minimum atomic E-state index is -1.10. The van der Waals surface area contributed by atoms with Gasteiger partial charge in [-0.15, -0.1) is 0 Å². The number of rotatable bonds is 14. The topological polar surface area (TPSA) is 49.7 Å². The maximum atomic E-state index is 8.11. The normalized spacial score (nSPS) is 11.2. The first-order chi connectivity index (χ1) is 10.9. The van der Waals surface area contributed by atoms with Crippen LogP contribution in [0.3, 0.4) is 0 Å². The Labute approximate surface area is 145 Å². The molecule has 3 heteroatoms. The van der Waals surface area contributed by atoms with Crippen LogP contribution >= 0.6 is 0 Å². The average Bonchev–Trinajstić information content (AvgIpc) is 2.44. The molecule has 2 N–H and O–H groups in total. The van der Waals surface area contributed by atoms with E-state index >= 15 is 0 Å². The Bertz CT molecular complexity index is 187. The summed E-state index contributed by atoms with van der Waals surface area (Å²) in [5, 5.41) is 16.2. The smallest absolute Gasteiger partial charge is 0.151 e. The van der Waals surface area contributed by atoms with Gasteiger partial charge in [-0.25, -0.2) is 0 Å². The summed E-state index contributed by atoms with van der Waals surface area (Å²) >= 11 is 0. The van der Waals surface area contributed by atoms with Gasteiger partial charge in [0, 0.05) is 13.2 Å². The Morgan fingerprint density at radius 1 is 0.652 bits per heavy atom. The number of hydrogen-bond donors (Lipinski definition) is 2. The molecule has 142 valence electrons. The van der Waals surface area contributed by atoms with Gasteiger partial charge in [0.1, 0.15) is 0 Å². The molecule has 0 fully saturated rings. The second-order valence-corrected chi connectivity index (χ2v) is 7.37. The molecule has 0 amide bonds. The SMILES string of the molecule is CC(C)CCCCCOCCCCCC(C)C.CCCC(O)O. The molecule has 0 rings (SSSR count). The van der Waals surface area contributed by atoms with Crippen LogP contribution in [-0.4, -0.2) is 29.7 Å². The van der Waals surface area contributed by atoms with Crippen molar-refractivity contribution in [2.45, 2.75) is 105 Å². The lowest BCUT2D eigenvalue weighted by molar-refractivity contribution is -0.0453. The molecule has 0 aromatic heterocycles. The van der Waals surface area contributed by atoms with Crippen molar-refractivity contribution in [3.8, 4) is 0 Å². The zero-order chi connectivity index (χ0) is 17.9. The van der Waals surface area contributed by atoms with Gasteiger partial charge in [-0.05, 0) is 31.1 Å². The number of hydrogen-bond acceptors (Lipinski definition) is 3. The van der Waals surface area contributed by atoms with Crippen molar-refractivity contribution < 1.29 is 14.9 Å². The molecule has 0 aliphatic heterocycles. The summed E-state index contributed by atoms with van der Waals surface area (Å²) in [7, 11) is 0. The zero-order valence-corrected chi connectivity index (χ0v) is 16.5. The molecule has 0 heterocycles. The summed E-state index contributed by atoms with van der Waals surface area (Å²) in [6.45, 7) is 13.0. The van der Waals surface area contributed by atoms with Crippen LogP contribution in [0.2, 0.25) is 0 Å². The highest BCUT2D eigenvalue weighted by atomic mass is 16.5. The predicted molar refractivity (Wildman–Crippen MR) is 101 cm³/mol. The standard InChI is InChI=1S/C16H34O.C4H10O2/c1-15(2)11-7-5-9-13-17-14-10-6-8-12-16(3)4;1-2-3-4(5)6/h15-16H,5-14H2,1-4H3;4-6H,2-3H2,1H3. The molecule has 23 heavy (non-hydrogen) atoms. The Morgan fingerprint density at radius 2 is 1.09 bits per heavy atom. The lowest BCUT2D eigenvalue weighted by atomic mass is 10.1. The second kappa shape index (κ2) is 19.9. The highest BCUT2D eigenvalue weighted by Crippen LogP contribution is 2.09. The van der Waals surface area contributed by atoms with Crippen LogP contribution in [0.4, 0.5) is 0 Å². The molecule has 0 aromatic rings. The Morgan fingerprint density at radius 3 is 1.35 bits per heavy atom. The fraction of sp³-hybridized carbons (Fsp3) is 1.00. The first-order valence-electron chi connectivity index (χ1n) is 9.84. The molecule has 3 nitrogen and oxygen atoms in total. The van der Waals surface area contributed by atoms with Crippen LogP contribution in [-0.2, 0) is 4.74 Å². The first-order valence-corrected chi connectivity index (χ1v) is 9.84. The van der Waals surface area contributed by atoms with E-state index in [-0.39, 0.29) is 0 Å². The molecular weight excluding hydrogens is 288 g/mol. The highest BCUT2D eigenvalue weighted by Gasteiger charge is 1.96. The van der Waals surface area contributed by atoms with Gasteiger partial charge in [-0.2, -0.15) is 0 Å². The average molecular weight is 333 g/mol. The van der Waals surface area contributed by atoms with E-state index in [2.05, 4.69) is 27.7 Å². The monoisotopic (exact) mass is 332 g/mol. The summed E-state index contributed by atoms with van der Waals surface area (Å²) in [5.74, 6) is 1.72. The maximum Gasteiger partial charge on any atom is 0.151 e. The minimum Gasteiger partial charge on any atom is -0.381 e. The predicted octanol–water partition coefficient (Wildman–Crippen LogP) is 5.53. The third kappa shape index (κ3) is 30.3. The van der Waals surface area contributed by atoms with Gasteiger partial charge in [-0.3, -0.25) is 0 Å². The summed E-state index contributed by atoms with van der Waals surface area (Å²) in [4.78, 5) is 0. The minimum absolute atomic E-state index is 0.486. The van der Waals surface area contributed by atoms with Crippen molar-refractivity contribution in [2.75, 3.05) is 13.2 Å². The van der Waals surface area contributed by atoms with Crippen LogP contribution in [0.5, 0.6) is 0 Å². The van der Waals surface area contributed by atoms with E-state index < -0.39 is 6.29 Å². The van der Waals surface area contributed by atoms with Gasteiger partial charge >= 0.3 is 0 Å². The quantitative estimate of drug-likeness (QED) is 0.325. The fourth-order valence-electron chi connectivity index (χ4n) is 2.23. The molecule has 0 aliphatic rings. The molecule has 0 atom stereocenters. The van der Waals surface area contributed by atoms with Crippen molar-refractivity contribution >= 4 is 0 Å². The van der Waals surface area contributed by atoms with E-state index in [1.54, 1.807) is 0 Å². The number of aliphatic hydroxyl groups excluding tert-OH is 1. The fourth-order valence-corrected chi connectivity index (χ4v) is 2.23. The summed E-state index contributed by atoms with van der Waals surface area (Å²) < 4.78 is 5.65. The maximum absolute atomic E-state index is 8.11. The van der Waals surface area contributed by atoms with E-state index in [0.717, 1.165) is 31.5 Å². The lowest BCUT2D eigenvalue weighted by Gasteiger charge is -2.06.